The first-order valence-corrected chi connectivity index (χ1v) is 9.20. The van der Waals surface area contributed by atoms with Gasteiger partial charge < -0.3 is 10.2 Å². The molecule has 1 saturated carbocycles. The van der Waals surface area contributed by atoms with Crippen LogP contribution in [0.3, 0.4) is 0 Å². The van der Waals surface area contributed by atoms with Crippen molar-refractivity contribution in [2.45, 2.75) is 42.8 Å². The second-order valence-electron chi connectivity index (χ2n) is 5.99. The van der Waals surface area contributed by atoms with Crippen molar-refractivity contribution in [1.29, 1.82) is 0 Å². The number of nitrogens with zero attached hydrogens (tertiary/aromatic N) is 2. The summed E-state index contributed by atoms with van der Waals surface area (Å²) in [5, 5.41) is 2.96. The van der Waals surface area contributed by atoms with Crippen LogP contribution in [-0.4, -0.2) is 57.4 Å². The third-order valence-corrected chi connectivity index (χ3v) is 5.58. The van der Waals surface area contributed by atoms with E-state index in [4.69, 9.17) is 0 Å². The Morgan fingerprint density at radius 2 is 1.96 bits per heavy atom. The van der Waals surface area contributed by atoms with Gasteiger partial charge in [-0.05, 0) is 46.1 Å². The highest BCUT2D eigenvalue weighted by Crippen LogP contribution is 2.22. The lowest BCUT2D eigenvalue weighted by atomic mass is 9.89. The highest BCUT2D eigenvalue weighted by molar-refractivity contribution is 7.89. The molecule has 8 heteroatoms. The summed E-state index contributed by atoms with van der Waals surface area (Å²) in [4.78, 5) is 18.4. The first kappa shape index (κ1) is 17.8. The van der Waals surface area contributed by atoms with E-state index >= 15 is 0 Å². The van der Waals surface area contributed by atoms with Crippen molar-refractivity contribution >= 4 is 15.9 Å². The van der Waals surface area contributed by atoms with Gasteiger partial charge in [0.1, 0.15) is 0 Å². The molecule has 0 bridgehead atoms. The second-order valence-corrected chi connectivity index (χ2v) is 7.82. The van der Waals surface area contributed by atoms with E-state index in [1.807, 2.05) is 14.1 Å². The molecule has 0 aliphatic heterocycles. The largest absolute Gasteiger partial charge is 0.348 e. The minimum atomic E-state index is -3.59. The molecule has 0 spiro atoms. The Labute approximate surface area is 137 Å². The van der Waals surface area contributed by atoms with Crippen molar-refractivity contribution in [3.05, 3.63) is 23.9 Å². The smallest absolute Gasteiger partial charge is 0.257 e. The van der Waals surface area contributed by atoms with Gasteiger partial charge in [-0.25, -0.2) is 18.1 Å². The SMILES string of the molecule is CNS(=O)(=O)c1ccc(C(=O)N[C@@H]2CCCC[C@@H]2N(C)C)cn1. The van der Waals surface area contributed by atoms with Gasteiger partial charge in [0.05, 0.1) is 5.56 Å². The number of amides is 1. The van der Waals surface area contributed by atoms with Crippen LogP contribution in [0.4, 0.5) is 0 Å². The fraction of sp³-hybridized carbons (Fsp3) is 0.600. The minimum Gasteiger partial charge on any atom is -0.348 e. The van der Waals surface area contributed by atoms with Crippen LogP contribution < -0.4 is 10.0 Å². The fourth-order valence-corrected chi connectivity index (χ4v) is 3.58. The third-order valence-electron chi connectivity index (χ3n) is 4.25. The van der Waals surface area contributed by atoms with Crippen molar-refractivity contribution in [3.8, 4) is 0 Å². The van der Waals surface area contributed by atoms with Crippen LogP contribution in [0.15, 0.2) is 23.4 Å². The maximum absolute atomic E-state index is 12.4. The Balaban J connectivity index is 2.08. The number of aromatic nitrogens is 1. The molecule has 0 unspecified atom stereocenters. The molecule has 1 aromatic rings. The minimum absolute atomic E-state index is 0.0969. The topological polar surface area (TPSA) is 91.4 Å². The first-order chi connectivity index (χ1) is 10.8. The predicted octanol–water partition coefficient (Wildman–Crippen LogP) is 0.592. The van der Waals surface area contributed by atoms with Crippen LogP contribution >= 0.6 is 0 Å². The maximum Gasteiger partial charge on any atom is 0.257 e. The summed E-state index contributed by atoms with van der Waals surface area (Å²) in [6.45, 7) is 0. The number of rotatable bonds is 5. The van der Waals surface area contributed by atoms with E-state index in [0.29, 0.717) is 11.6 Å². The van der Waals surface area contributed by atoms with Crippen LogP contribution in [-0.2, 0) is 10.0 Å². The lowest BCUT2D eigenvalue weighted by Crippen LogP contribution is -2.51. The Hall–Kier alpha value is -1.51. The molecule has 0 aromatic carbocycles. The molecule has 2 atom stereocenters. The van der Waals surface area contributed by atoms with Crippen LogP contribution in [0.25, 0.3) is 0 Å². The molecule has 1 aliphatic rings. The molecule has 0 saturated heterocycles. The molecule has 1 amide bonds. The van der Waals surface area contributed by atoms with E-state index in [1.54, 1.807) is 0 Å². The number of likely N-dealkylation sites (N-methyl/N-ethyl adjacent to an activating group) is 1. The van der Waals surface area contributed by atoms with Crippen LogP contribution in [0.1, 0.15) is 36.0 Å². The van der Waals surface area contributed by atoms with Gasteiger partial charge in [-0.2, -0.15) is 0 Å². The first-order valence-electron chi connectivity index (χ1n) is 7.72. The highest BCUT2D eigenvalue weighted by Gasteiger charge is 2.28. The number of hydrogen-bond acceptors (Lipinski definition) is 5. The second kappa shape index (κ2) is 7.37. The number of sulfonamides is 1. The van der Waals surface area contributed by atoms with E-state index in [1.165, 1.54) is 31.8 Å². The van der Waals surface area contributed by atoms with Gasteiger partial charge >= 0.3 is 0 Å². The van der Waals surface area contributed by atoms with Gasteiger partial charge in [0, 0.05) is 18.3 Å². The van der Waals surface area contributed by atoms with Crippen molar-refractivity contribution in [2.75, 3.05) is 21.1 Å². The van der Waals surface area contributed by atoms with Gasteiger partial charge in [-0.1, -0.05) is 12.8 Å². The monoisotopic (exact) mass is 340 g/mol. The molecule has 7 nitrogen and oxygen atoms in total. The summed E-state index contributed by atoms with van der Waals surface area (Å²) in [5.41, 5.74) is 0.364. The van der Waals surface area contributed by atoms with Gasteiger partial charge in [0.2, 0.25) is 0 Å². The molecule has 23 heavy (non-hydrogen) atoms. The van der Waals surface area contributed by atoms with Gasteiger partial charge in [0.25, 0.3) is 15.9 Å². The van der Waals surface area contributed by atoms with Crippen LogP contribution in [0.2, 0.25) is 0 Å². The van der Waals surface area contributed by atoms with Gasteiger partial charge in [-0.3, -0.25) is 4.79 Å². The molecule has 128 valence electrons. The Bertz CT molecular complexity index is 643. The Morgan fingerprint density at radius 1 is 1.26 bits per heavy atom. The Kier molecular flexibility index (Phi) is 5.72. The van der Waals surface area contributed by atoms with Crippen molar-refractivity contribution in [2.24, 2.45) is 0 Å². The molecule has 1 aromatic heterocycles. The zero-order chi connectivity index (χ0) is 17.0. The van der Waals surface area contributed by atoms with E-state index in [-0.39, 0.29) is 17.0 Å². The summed E-state index contributed by atoms with van der Waals surface area (Å²) >= 11 is 0. The summed E-state index contributed by atoms with van der Waals surface area (Å²) < 4.78 is 25.5. The van der Waals surface area contributed by atoms with E-state index in [2.05, 4.69) is 19.9 Å². The number of hydrogen-bond donors (Lipinski definition) is 2. The van der Waals surface area contributed by atoms with Gasteiger partial charge in [0.15, 0.2) is 5.03 Å². The lowest BCUT2D eigenvalue weighted by Gasteiger charge is -2.36. The molecule has 2 rings (SSSR count). The van der Waals surface area contributed by atoms with E-state index < -0.39 is 10.0 Å². The van der Waals surface area contributed by atoms with E-state index in [0.717, 1.165) is 19.3 Å². The maximum atomic E-state index is 12.4. The molecule has 1 aliphatic carbocycles. The predicted molar refractivity (Wildman–Crippen MR) is 87.7 cm³/mol. The number of nitrogens with one attached hydrogen (secondary N) is 2. The average Bonchev–Trinajstić information content (AvgIpc) is 2.55. The van der Waals surface area contributed by atoms with Crippen molar-refractivity contribution in [3.63, 3.8) is 0 Å². The summed E-state index contributed by atoms with van der Waals surface area (Å²) in [6.07, 6.45) is 5.59. The van der Waals surface area contributed by atoms with Crippen molar-refractivity contribution in [1.82, 2.24) is 19.9 Å². The zero-order valence-corrected chi connectivity index (χ0v) is 14.6. The summed E-state index contributed by atoms with van der Waals surface area (Å²) in [5.74, 6) is -0.218. The average molecular weight is 340 g/mol. The van der Waals surface area contributed by atoms with E-state index in [9.17, 15) is 13.2 Å². The molecule has 2 N–H and O–H groups in total. The standard InChI is InChI=1S/C15H24N4O3S/c1-16-23(21,22)14-9-8-11(10-17-14)15(20)18-12-6-4-5-7-13(12)19(2)3/h8-10,12-13,16H,4-7H2,1-3H3,(H,18,20)/t12-,13+/m1/s1. The number of pyridine rings is 1. The summed E-state index contributed by atoms with van der Waals surface area (Å²) in [7, 11) is 1.78. The molecular weight excluding hydrogens is 316 g/mol. The third kappa shape index (κ3) is 4.27. The zero-order valence-electron chi connectivity index (χ0n) is 13.7. The van der Waals surface area contributed by atoms with Crippen LogP contribution in [0.5, 0.6) is 0 Å². The van der Waals surface area contributed by atoms with Crippen LogP contribution in [0, 0.1) is 0 Å². The number of carbonyl (C=O) groups excluding carboxylic acids is 1. The van der Waals surface area contributed by atoms with Crippen molar-refractivity contribution < 1.29 is 13.2 Å². The molecule has 1 heterocycles. The quantitative estimate of drug-likeness (QED) is 0.819. The Morgan fingerprint density at radius 3 is 2.52 bits per heavy atom. The fourth-order valence-electron chi connectivity index (χ4n) is 2.93. The molecule has 1 fully saturated rings. The molecular formula is C15H24N4O3S. The lowest BCUT2D eigenvalue weighted by molar-refractivity contribution is 0.0882. The number of carbonyl (C=O) groups is 1. The normalized spacial score (nSPS) is 22.1. The molecule has 0 radical (unpaired) electrons. The summed E-state index contributed by atoms with van der Waals surface area (Å²) in [6, 6.07) is 3.25. The van der Waals surface area contributed by atoms with Gasteiger partial charge in [-0.15, -0.1) is 0 Å². The highest BCUT2D eigenvalue weighted by atomic mass is 32.2.